The van der Waals surface area contributed by atoms with Crippen LogP contribution in [0.25, 0.3) is 11.1 Å². The Morgan fingerprint density at radius 2 is 1.82 bits per heavy atom. The molecule has 0 N–H and O–H groups in total. The maximum atomic E-state index is 10.8. The molecule has 0 aliphatic rings. The Balaban J connectivity index is 2.35. The number of carbonyl (C=O) groups excluding carboxylic acids is 1. The van der Waals surface area contributed by atoms with Crippen LogP contribution < -0.4 is 4.74 Å². The lowest BCUT2D eigenvalue weighted by Crippen LogP contribution is -2.01. The molecule has 0 unspecified atom stereocenters. The highest BCUT2D eigenvalue weighted by molar-refractivity contribution is 9.10. The van der Waals surface area contributed by atoms with E-state index in [9.17, 15) is 4.79 Å². The average Bonchev–Trinajstić information content (AvgIpc) is 2.29. The summed E-state index contributed by atoms with van der Waals surface area (Å²) in [6.45, 7) is 1.39. The highest BCUT2D eigenvalue weighted by Gasteiger charge is 2.05. The van der Waals surface area contributed by atoms with Gasteiger partial charge in [-0.2, -0.15) is 0 Å². The summed E-state index contributed by atoms with van der Waals surface area (Å²) in [7, 11) is 0. The zero-order valence-electron chi connectivity index (χ0n) is 9.31. The Bertz CT molecular complexity index is 535. The van der Waals surface area contributed by atoms with Crippen LogP contribution in [-0.4, -0.2) is 5.97 Å². The maximum absolute atomic E-state index is 10.8. The lowest BCUT2D eigenvalue weighted by molar-refractivity contribution is -0.131. The van der Waals surface area contributed by atoms with Gasteiger partial charge in [-0.1, -0.05) is 46.3 Å². The molecule has 0 heterocycles. The molecule has 0 radical (unpaired) electrons. The standard InChI is InChI=1S/C14H11BrO2/c1-10(16)17-12-7-8-13(14(15)9-12)11-5-3-2-4-6-11/h2-9H,1H3. The van der Waals surface area contributed by atoms with E-state index in [1.165, 1.54) is 6.92 Å². The smallest absolute Gasteiger partial charge is 0.308 e. The van der Waals surface area contributed by atoms with Crippen molar-refractivity contribution < 1.29 is 9.53 Å². The number of carbonyl (C=O) groups is 1. The highest BCUT2D eigenvalue weighted by atomic mass is 79.9. The summed E-state index contributed by atoms with van der Waals surface area (Å²) < 4.78 is 5.92. The molecule has 0 aliphatic carbocycles. The number of ether oxygens (including phenoxy) is 1. The van der Waals surface area contributed by atoms with Crippen molar-refractivity contribution >= 4 is 21.9 Å². The first kappa shape index (κ1) is 11.9. The predicted molar refractivity (Wildman–Crippen MR) is 70.9 cm³/mol. The van der Waals surface area contributed by atoms with E-state index in [2.05, 4.69) is 15.9 Å². The van der Waals surface area contributed by atoms with Crippen molar-refractivity contribution in [2.24, 2.45) is 0 Å². The zero-order chi connectivity index (χ0) is 12.3. The van der Waals surface area contributed by atoms with Crippen LogP contribution in [0.3, 0.4) is 0 Å². The van der Waals surface area contributed by atoms with Crippen LogP contribution >= 0.6 is 15.9 Å². The normalized spacial score (nSPS) is 10.0. The Morgan fingerprint density at radius 3 is 2.41 bits per heavy atom. The predicted octanol–water partition coefficient (Wildman–Crippen LogP) is 4.04. The summed E-state index contributed by atoms with van der Waals surface area (Å²) in [6, 6.07) is 15.5. The van der Waals surface area contributed by atoms with Gasteiger partial charge in [-0.15, -0.1) is 0 Å². The molecular formula is C14H11BrO2. The molecule has 0 aliphatic heterocycles. The molecule has 17 heavy (non-hydrogen) atoms. The molecule has 0 aromatic heterocycles. The van der Waals surface area contributed by atoms with Crippen LogP contribution in [0.15, 0.2) is 53.0 Å². The van der Waals surface area contributed by atoms with Crippen molar-refractivity contribution in [3.63, 3.8) is 0 Å². The maximum Gasteiger partial charge on any atom is 0.308 e. The van der Waals surface area contributed by atoms with Crippen LogP contribution in [0.2, 0.25) is 0 Å². The first-order valence-electron chi connectivity index (χ1n) is 5.20. The van der Waals surface area contributed by atoms with E-state index in [4.69, 9.17) is 4.74 Å². The lowest BCUT2D eigenvalue weighted by atomic mass is 10.1. The second kappa shape index (κ2) is 5.15. The second-order valence-corrected chi connectivity index (χ2v) is 4.46. The van der Waals surface area contributed by atoms with Crippen molar-refractivity contribution in [1.29, 1.82) is 0 Å². The van der Waals surface area contributed by atoms with Gasteiger partial charge in [0.1, 0.15) is 5.75 Å². The molecule has 0 spiro atoms. The van der Waals surface area contributed by atoms with Gasteiger partial charge in [-0.05, 0) is 29.3 Å². The summed E-state index contributed by atoms with van der Waals surface area (Å²) in [4.78, 5) is 10.8. The molecule has 3 heteroatoms. The van der Waals surface area contributed by atoms with Crippen molar-refractivity contribution in [2.75, 3.05) is 0 Å². The van der Waals surface area contributed by atoms with E-state index in [-0.39, 0.29) is 5.97 Å². The van der Waals surface area contributed by atoms with Crippen LogP contribution in [0.4, 0.5) is 0 Å². The fraction of sp³-hybridized carbons (Fsp3) is 0.0714. The summed E-state index contributed by atoms with van der Waals surface area (Å²) in [5, 5.41) is 0. The third kappa shape index (κ3) is 2.94. The number of halogens is 1. The summed E-state index contributed by atoms with van der Waals surface area (Å²) >= 11 is 3.48. The van der Waals surface area contributed by atoms with Crippen molar-refractivity contribution in [1.82, 2.24) is 0 Å². The average molecular weight is 291 g/mol. The van der Waals surface area contributed by atoms with Crippen LogP contribution in [-0.2, 0) is 4.79 Å². The molecule has 0 saturated carbocycles. The van der Waals surface area contributed by atoms with E-state index in [1.807, 2.05) is 36.4 Å². The van der Waals surface area contributed by atoms with Gasteiger partial charge in [-0.3, -0.25) is 4.79 Å². The largest absolute Gasteiger partial charge is 0.427 e. The minimum absolute atomic E-state index is 0.315. The van der Waals surface area contributed by atoms with Gasteiger partial charge >= 0.3 is 5.97 Å². The van der Waals surface area contributed by atoms with E-state index in [0.717, 1.165) is 15.6 Å². The quantitative estimate of drug-likeness (QED) is 0.616. The van der Waals surface area contributed by atoms with Gasteiger partial charge in [0.2, 0.25) is 0 Å². The fourth-order valence-electron chi connectivity index (χ4n) is 1.58. The summed E-state index contributed by atoms with van der Waals surface area (Å²) in [5.41, 5.74) is 2.19. The van der Waals surface area contributed by atoms with Gasteiger partial charge in [-0.25, -0.2) is 0 Å². The Morgan fingerprint density at radius 1 is 1.12 bits per heavy atom. The highest BCUT2D eigenvalue weighted by Crippen LogP contribution is 2.31. The SMILES string of the molecule is CC(=O)Oc1ccc(-c2ccccc2)c(Br)c1. The molecule has 2 nitrogen and oxygen atoms in total. The van der Waals surface area contributed by atoms with Crippen molar-refractivity contribution in [3.05, 3.63) is 53.0 Å². The van der Waals surface area contributed by atoms with Gasteiger partial charge in [0.05, 0.1) is 0 Å². The molecule has 2 rings (SSSR count). The minimum Gasteiger partial charge on any atom is -0.427 e. The molecule has 86 valence electrons. The number of benzene rings is 2. The van der Waals surface area contributed by atoms with Crippen molar-refractivity contribution in [2.45, 2.75) is 6.92 Å². The molecule has 0 amide bonds. The van der Waals surface area contributed by atoms with E-state index < -0.39 is 0 Å². The van der Waals surface area contributed by atoms with Crippen molar-refractivity contribution in [3.8, 4) is 16.9 Å². The number of esters is 1. The van der Waals surface area contributed by atoms with Crippen LogP contribution in [0.1, 0.15) is 6.92 Å². The van der Waals surface area contributed by atoms with Crippen LogP contribution in [0, 0.1) is 0 Å². The summed E-state index contributed by atoms with van der Waals surface area (Å²) in [6.07, 6.45) is 0. The van der Waals surface area contributed by atoms with Gasteiger partial charge < -0.3 is 4.74 Å². The number of hydrogen-bond acceptors (Lipinski definition) is 2. The summed E-state index contributed by atoms with van der Waals surface area (Å²) in [5.74, 6) is 0.230. The first-order valence-corrected chi connectivity index (χ1v) is 5.99. The molecule has 0 bridgehead atoms. The number of rotatable bonds is 2. The van der Waals surface area contributed by atoms with E-state index in [0.29, 0.717) is 5.75 Å². The van der Waals surface area contributed by atoms with Gasteiger partial charge in [0, 0.05) is 11.4 Å². The Hall–Kier alpha value is -1.61. The van der Waals surface area contributed by atoms with E-state index >= 15 is 0 Å². The monoisotopic (exact) mass is 290 g/mol. The molecule has 0 fully saturated rings. The third-order valence-corrected chi connectivity index (χ3v) is 2.94. The Labute approximate surface area is 108 Å². The van der Waals surface area contributed by atoms with E-state index in [1.54, 1.807) is 12.1 Å². The minimum atomic E-state index is -0.315. The molecular weight excluding hydrogens is 280 g/mol. The fourth-order valence-corrected chi connectivity index (χ4v) is 2.16. The first-order chi connectivity index (χ1) is 8.16. The molecule has 0 atom stereocenters. The zero-order valence-corrected chi connectivity index (χ0v) is 10.9. The van der Waals surface area contributed by atoms with Gasteiger partial charge in [0.15, 0.2) is 0 Å². The van der Waals surface area contributed by atoms with Crippen LogP contribution in [0.5, 0.6) is 5.75 Å². The third-order valence-electron chi connectivity index (χ3n) is 2.29. The molecule has 0 saturated heterocycles. The molecule has 2 aromatic carbocycles. The van der Waals surface area contributed by atoms with Gasteiger partial charge in [0.25, 0.3) is 0 Å². The topological polar surface area (TPSA) is 26.3 Å². The number of hydrogen-bond donors (Lipinski definition) is 0. The second-order valence-electron chi connectivity index (χ2n) is 3.60. The molecule has 2 aromatic rings. The lowest BCUT2D eigenvalue weighted by Gasteiger charge is -2.07. The Kier molecular flexibility index (Phi) is 3.59.